The average molecular weight is 315 g/mol. The SMILES string of the molecule is CCC#CC(C)Cc1cc(C(C)(C)C)c(OC)c(C(C)(C)C)c1. The van der Waals surface area contributed by atoms with Crippen LogP contribution in [-0.2, 0) is 17.3 Å². The van der Waals surface area contributed by atoms with Crippen LogP contribution in [0.2, 0.25) is 0 Å². The topological polar surface area (TPSA) is 9.23 Å². The second-order valence-corrected chi connectivity index (χ2v) is 8.50. The molecule has 0 heterocycles. The van der Waals surface area contributed by atoms with Crippen LogP contribution < -0.4 is 4.74 Å². The summed E-state index contributed by atoms with van der Waals surface area (Å²) in [6.07, 6.45) is 1.91. The molecule has 0 amide bonds. The fraction of sp³-hybridized carbons (Fsp3) is 0.636. The molecule has 0 fully saturated rings. The Morgan fingerprint density at radius 3 is 1.83 bits per heavy atom. The van der Waals surface area contributed by atoms with E-state index in [2.05, 4.69) is 79.4 Å². The van der Waals surface area contributed by atoms with E-state index in [9.17, 15) is 0 Å². The molecule has 0 aliphatic rings. The first-order valence-corrected chi connectivity index (χ1v) is 8.71. The Kier molecular flexibility index (Phi) is 6.34. The third-order valence-corrected chi connectivity index (χ3v) is 4.04. The molecule has 0 aliphatic carbocycles. The quantitative estimate of drug-likeness (QED) is 0.633. The number of hydrogen-bond acceptors (Lipinski definition) is 1. The molecule has 0 saturated carbocycles. The molecular formula is C22H34O. The Labute approximate surface area is 143 Å². The van der Waals surface area contributed by atoms with Gasteiger partial charge in [-0.3, -0.25) is 0 Å². The summed E-state index contributed by atoms with van der Waals surface area (Å²) in [6.45, 7) is 17.8. The van der Waals surface area contributed by atoms with Crippen molar-refractivity contribution in [1.29, 1.82) is 0 Å². The maximum Gasteiger partial charge on any atom is 0.126 e. The van der Waals surface area contributed by atoms with Crippen LogP contribution in [0.15, 0.2) is 12.1 Å². The van der Waals surface area contributed by atoms with Gasteiger partial charge < -0.3 is 4.74 Å². The maximum atomic E-state index is 5.83. The number of benzene rings is 1. The molecule has 1 nitrogen and oxygen atoms in total. The van der Waals surface area contributed by atoms with Crippen LogP contribution in [0.25, 0.3) is 0 Å². The zero-order valence-corrected chi connectivity index (χ0v) is 16.6. The molecule has 0 spiro atoms. The Balaban J connectivity index is 3.44. The second-order valence-electron chi connectivity index (χ2n) is 8.50. The van der Waals surface area contributed by atoms with Crippen LogP contribution >= 0.6 is 0 Å². The van der Waals surface area contributed by atoms with Crippen molar-refractivity contribution in [3.63, 3.8) is 0 Å². The summed E-state index contributed by atoms with van der Waals surface area (Å²) in [5.74, 6) is 7.97. The van der Waals surface area contributed by atoms with Crippen LogP contribution in [0, 0.1) is 17.8 Å². The van der Waals surface area contributed by atoms with E-state index in [4.69, 9.17) is 4.74 Å². The zero-order valence-electron chi connectivity index (χ0n) is 16.6. The van der Waals surface area contributed by atoms with Crippen molar-refractivity contribution in [3.8, 4) is 17.6 Å². The van der Waals surface area contributed by atoms with E-state index in [0.717, 1.165) is 18.6 Å². The minimum absolute atomic E-state index is 0.0552. The van der Waals surface area contributed by atoms with E-state index < -0.39 is 0 Å². The van der Waals surface area contributed by atoms with Crippen LogP contribution in [0.5, 0.6) is 5.75 Å². The summed E-state index contributed by atoms with van der Waals surface area (Å²) in [6, 6.07) is 4.64. The Hall–Kier alpha value is -1.42. The Bertz CT molecular complexity index is 550. The number of ether oxygens (including phenoxy) is 1. The molecule has 0 aliphatic heterocycles. The van der Waals surface area contributed by atoms with Crippen molar-refractivity contribution in [2.75, 3.05) is 7.11 Å². The van der Waals surface area contributed by atoms with Gasteiger partial charge in [-0.2, -0.15) is 0 Å². The van der Waals surface area contributed by atoms with E-state index in [1.165, 1.54) is 16.7 Å². The molecule has 128 valence electrons. The highest BCUT2D eigenvalue weighted by molar-refractivity contribution is 5.51. The largest absolute Gasteiger partial charge is 0.496 e. The summed E-state index contributed by atoms with van der Waals surface area (Å²) >= 11 is 0. The van der Waals surface area contributed by atoms with Crippen molar-refractivity contribution in [1.82, 2.24) is 0 Å². The van der Waals surface area contributed by atoms with Crippen LogP contribution in [0.1, 0.15) is 78.5 Å². The molecule has 0 saturated heterocycles. The molecule has 0 aromatic heterocycles. The lowest BCUT2D eigenvalue weighted by Gasteiger charge is -2.30. The predicted molar refractivity (Wildman–Crippen MR) is 101 cm³/mol. The highest BCUT2D eigenvalue weighted by Gasteiger charge is 2.27. The Morgan fingerprint density at radius 1 is 1.00 bits per heavy atom. The molecule has 1 unspecified atom stereocenters. The predicted octanol–water partition coefficient (Wildman–Crippen LogP) is 5.88. The van der Waals surface area contributed by atoms with Gasteiger partial charge in [-0.25, -0.2) is 0 Å². The number of hydrogen-bond donors (Lipinski definition) is 0. The summed E-state index contributed by atoms with van der Waals surface area (Å²) in [7, 11) is 1.79. The van der Waals surface area contributed by atoms with Crippen LogP contribution in [-0.4, -0.2) is 7.11 Å². The van der Waals surface area contributed by atoms with E-state index in [0.29, 0.717) is 5.92 Å². The number of methoxy groups -OCH3 is 1. The lowest BCUT2D eigenvalue weighted by molar-refractivity contribution is 0.381. The van der Waals surface area contributed by atoms with Gasteiger partial charge in [0.2, 0.25) is 0 Å². The van der Waals surface area contributed by atoms with Gasteiger partial charge in [0.05, 0.1) is 7.11 Å². The number of rotatable bonds is 3. The normalized spacial score (nSPS) is 13.3. The lowest BCUT2D eigenvalue weighted by atomic mass is 9.77. The fourth-order valence-corrected chi connectivity index (χ4v) is 2.82. The van der Waals surface area contributed by atoms with E-state index in [-0.39, 0.29) is 10.8 Å². The third-order valence-electron chi connectivity index (χ3n) is 4.04. The first-order valence-electron chi connectivity index (χ1n) is 8.71. The Morgan fingerprint density at radius 2 is 1.48 bits per heavy atom. The summed E-state index contributed by atoms with van der Waals surface area (Å²) in [4.78, 5) is 0. The highest BCUT2D eigenvalue weighted by atomic mass is 16.5. The van der Waals surface area contributed by atoms with Crippen molar-refractivity contribution < 1.29 is 4.74 Å². The molecule has 0 bridgehead atoms. The molecule has 1 atom stereocenters. The van der Waals surface area contributed by atoms with Crippen LogP contribution in [0.3, 0.4) is 0 Å². The first-order chi connectivity index (χ1) is 10.5. The van der Waals surface area contributed by atoms with Crippen molar-refractivity contribution in [2.45, 2.75) is 79.1 Å². The molecule has 0 radical (unpaired) electrons. The zero-order chi connectivity index (χ0) is 17.8. The average Bonchev–Trinajstić information content (AvgIpc) is 2.42. The fourth-order valence-electron chi connectivity index (χ4n) is 2.82. The second kappa shape index (κ2) is 7.43. The van der Waals surface area contributed by atoms with E-state index in [1.807, 2.05) is 0 Å². The lowest BCUT2D eigenvalue weighted by Crippen LogP contribution is -2.20. The molecular weight excluding hydrogens is 280 g/mol. The highest BCUT2D eigenvalue weighted by Crippen LogP contribution is 2.40. The van der Waals surface area contributed by atoms with Crippen molar-refractivity contribution in [3.05, 3.63) is 28.8 Å². The molecule has 1 heteroatoms. The summed E-state index contributed by atoms with van der Waals surface area (Å²) in [5.41, 5.74) is 4.05. The molecule has 1 aromatic rings. The summed E-state index contributed by atoms with van der Waals surface area (Å²) < 4.78 is 5.83. The standard InChI is InChI=1S/C22H34O/c1-10-11-12-16(2)13-17-14-18(21(3,4)5)20(23-9)19(15-17)22(6,7)8/h14-16H,10,13H2,1-9H3. The van der Waals surface area contributed by atoms with Gasteiger partial charge in [0, 0.05) is 23.5 Å². The molecule has 23 heavy (non-hydrogen) atoms. The van der Waals surface area contributed by atoms with Crippen LogP contribution in [0.4, 0.5) is 0 Å². The first kappa shape index (κ1) is 19.6. The minimum atomic E-state index is 0.0552. The van der Waals surface area contributed by atoms with Gasteiger partial charge in [-0.1, -0.05) is 73.4 Å². The third kappa shape index (κ3) is 5.31. The van der Waals surface area contributed by atoms with Crippen molar-refractivity contribution >= 4 is 0 Å². The molecule has 1 aromatic carbocycles. The van der Waals surface area contributed by atoms with E-state index >= 15 is 0 Å². The minimum Gasteiger partial charge on any atom is -0.496 e. The van der Waals surface area contributed by atoms with Gasteiger partial charge in [-0.05, 0) is 22.8 Å². The van der Waals surface area contributed by atoms with Gasteiger partial charge in [-0.15, -0.1) is 5.92 Å². The monoisotopic (exact) mass is 314 g/mol. The van der Waals surface area contributed by atoms with Crippen molar-refractivity contribution in [2.24, 2.45) is 5.92 Å². The maximum absolute atomic E-state index is 5.83. The van der Waals surface area contributed by atoms with Gasteiger partial charge in [0.15, 0.2) is 0 Å². The van der Waals surface area contributed by atoms with Gasteiger partial charge in [0.1, 0.15) is 5.75 Å². The van der Waals surface area contributed by atoms with Gasteiger partial charge >= 0.3 is 0 Å². The van der Waals surface area contributed by atoms with E-state index in [1.54, 1.807) is 7.11 Å². The smallest absolute Gasteiger partial charge is 0.126 e. The summed E-state index contributed by atoms with van der Waals surface area (Å²) in [5, 5.41) is 0. The van der Waals surface area contributed by atoms with Gasteiger partial charge in [0.25, 0.3) is 0 Å². The molecule has 1 rings (SSSR count). The molecule has 0 N–H and O–H groups in total.